The fraction of sp³-hybridized carbons (Fsp3) is 0.955. The summed E-state index contributed by atoms with van der Waals surface area (Å²) in [4.78, 5) is 0. The van der Waals surface area contributed by atoms with Gasteiger partial charge >= 0.3 is 0 Å². The SMILES string of the molecule is CCCCCCCCC([CH]C(C)CCCCC)CCCCC. The van der Waals surface area contributed by atoms with Gasteiger partial charge in [0.15, 0.2) is 0 Å². The van der Waals surface area contributed by atoms with Crippen LogP contribution in [0.5, 0.6) is 0 Å². The van der Waals surface area contributed by atoms with Gasteiger partial charge in [-0.2, -0.15) is 0 Å². The van der Waals surface area contributed by atoms with E-state index in [0.717, 1.165) is 11.8 Å². The van der Waals surface area contributed by atoms with Crippen molar-refractivity contribution in [2.75, 3.05) is 0 Å². The molecule has 0 N–H and O–H groups in total. The van der Waals surface area contributed by atoms with Crippen molar-refractivity contribution in [1.82, 2.24) is 0 Å². The Morgan fingerprint density at radius 1 is 0.545 bits per heavy atom. The molecule has 22 heavy (non-hydrogen) atoms. The van der Waals surface area contributed by atoms with Crippen molar-refractivity contribution >= 4 is 0 Å². The Hall–Kier alpha value is 0. The van der Waals surface area contributed by atoms with Gasteiger partial charge in [0.2, 0.25) is 0 Å². The molecule has 0 aromatic rings. The Balaban J connectivity index is 3.87. The molecule has 0 fully saturated rings. The predicted molar refractivity (Wildman–Crippen MR) is 103 cm³/mol. The molecule has 0 aliphatic rings. The Morgan fingerprint density at radius 2 is 0.955 bits per heavy atom. The highest BCUT2D eigenvalue weighted by Crippen LogP contribution is 2.26. The topological polar surface area (TPSA) is 0 Å². The van der Waals surface area contributed by atoms with E-state index in [1.165, 1.54) is 96.3 Å². The van der Waals surface area contributed by atoms with E-state index in [0.29, 0.717) is 0 Å². The summed E-state index contributed by atoms with van der Waals surface area (Å²) in [7, 11) is 0. The fourth-order valence-electron chi connectivity index (χ4n) is 3.46. The smallest absolute Gasteiger partial charge is 0.0326 e. The summed E-state index contributed by atoms with van der Waals surface area (Å²) in [5.74, 6) is 1.73. The van der Waals surface area contributed by atoms with Crippen LogP contribution >= 0.6 is 0 Å². The van der Waals surface area contributed by atoms with Crippen molar-refractivity contribution in [2.45, 2.75) is 124 Å². The molecule has 133 valence electrons. The molecule has 0 aromatic heterocycles. The Morgan fingerprint density at radius 3 is 1.55 bits per heavy atom. The van der Waals surface area contributed by atoms with Gasteiger partial charge in [-0.05, 0) is 18.3 Å². The molecule has 0 aromatic carbocycles. The minimum Gasteiger partial charge on any atom is -0.0654 e. The second kappa shape index (κ2) is 17.4. The van der Waals surface area contributed by atoms with Crippen LogP contribution in [0.25, 0.3) is 0 Å². The van der Waals surface area contributed by atoms with Gasteiger partial charge in [0.25, 0.3) is 0 Å². The zero-order valence-electron chi connectivity index (χ0n) is 16.3. The highest BCUT2D eigenvalue weighted by Gasteiger charge is 2.13. The number of hydrogen-bond acceptors (Lipinski definition) is 0. The maximum Gasteiger partial charge on any atom is -0.0326 e. The second-order valence-electron chi connectivity index (χ2n) is 7.48. The average molecular weight is 310 g/mol. The zero-order valence-corrected chi connectivity index (χ0v) is 16.3. The third-order valence-electron chi connectivity index (χ3n) is 4.97. The molecule has 0 aliphatic carbocycles. The third-order valence-corrected chi connectivity index (χ3v) is 4.97. The summed E-state index contributed by atoms with van der Waals surface area (Å²) < 4.78 is 0. The number of hydrogen-bond donors (Lipinski definition) is 0. The van der Waals surface area contributed by atoms with Crippen molar-refractivity contribution in [1.29, 1.82) is 0 Å². The Bertz CT molecular complexity index is 196. The zero-order chi connectivity index (χ0) is 16.5. The first kappa shape index (κ1) is 22.0. The molecule has 0 bridgehead atoms. The van der Waals surface area contributed by atoms with Gasteiger partial charge in [-0.1, -0.05) is 124 Å². The maximum atomic E-state index is 2.72. The van der Waals surface area contributed by atoms with E-state index in [9.17, 15) is 0 Å². The quantitative estimate of drug-likeness (QED) is 0.237. The molecule has 2 atom stereocenters. The molecule has 0 saturated heterocycles. The van der Waals surface area contributed by atoms with Crippen LogP contribution in [0.1, 0.15) is 124 Å². The molecule has 0 heterocycles. The molecule has 1 radical (unpaired) electrons. The minimum atomic E-state index is 0.832. The van der Waals surface area contributed by atoms with Crippen LogP contribution < -0.4 is 0 Å². The molecular formula is C22H45. The summed E-state index contributed by atoms with van der Waals surface area (Å²) in [6.07, 6.45) is 24.1. The van der Waals surface area contributed by atoms with Crippen molar-refractivity contribution < 1.29 is 0 Å². The summed E-state index contributed by atoms with van der Waals surface area (Å²) in [5, 5.41) is 0. The summed E-state index contributed by atoms with van der Waals surface area (Å²) in [6.45, 7) is 9.38. The molecule has 2 unspecified atom stereocenters. The van der Waals surface area contributed by atoms with E-state index >= 15 is 0 Å². The third kappa shape index (κ3) is 14.9. The lowest BCUT2D eigenvalue weighted by molar-refractivity contribution is 0.400. The van der Waals surface area contributed by atoms with Crippen LogP contribution in [0.3, 0.4) is 0 Å². The van der Waals surface area contributed by atoms with Gasteiger partial charge in [-0.25, -0.2) is 0 Å². The predicted octanol–water partition coefficient (Wildman–Crippen LogP) is 8.35. The minimum absolute atomic E-state index is 0.832. The van der Waals surface area contributed by atoms with E-state index < -0.39 is 0 Å². The molecule has 0 nitrogen and oxygen atoms in total. The van der Waals surface area contributed by atoms with E-state index in [1.54, 1.807) is 0 Å². The van der Waals surface area contributed by atoms with E-state index in [-0.39, 0.29) is 0 Å². The first-order chi connectivity index (χ1) is 10.7. The lowest BCUT2D eigenvalue weighted by Gasteiger charge is -2.21. The first-order valence-corrected chi connectivity index (χ1v) is 10.6. The largest absolute Gasteiger partial charge is 0.0654 e. The van der Waals surface area contributed by atoms with E-state index in [4.69, 9.17) is 0 Å². The Kier molecular flexibility index (Phi) is 17.4. The second-order valence-corrected chi connectivity index (χ2v) is 7.48. The van der Waals surface area contributed by atoms with E-state index in [2.05, 4.69) is 34.1 Å². The van der Waals surface area contributed by atoms with Crippen molar-refractivity contribution in [3.05, 3.63) is 6.42 Å². The monoisotopic (exact) mass is 309 g/mol. The normalized spacial score (nSPS) is 14.2. The number of unbranched alkanes of at least 4 members (excludes halogenated alkanes) is 9. The number of rotatable bonds is 17. The molecule has 0 amide bonds. The van der Waals surface area contributed by atoms with Crippen molar-refractivity contribution in [2.24, 2.45) is 11.8 Å². The summed E-state index contributed by atoms with van der Waals surface area (Å²) >= 11 is 0. The van der Waals surface area contributed by atoms with Crippen LogP contribution in [-0.4, -0.2) is 0 Å². The van der Waals surface area contributed by atoms with Gasteiger partial charge in [-0.3, -0.25) is 0 Å². The molecule has 0 saturated carbocycles. The van der Waals surface area contributed by atoms with Crippen LogP contribution in [-0.2, 0) is 0 Å². The average Bonchev–Trinajstić information content (AvgIpc) is 2.51. The highest BCUT2D eigenvalue weighted by molar-refractivity contribution is 4.81. The summed E-state index contributed by atoms with van der Waals surface area (Å²) in [6, 6.07) is 0. The van der Waals surface area contributed by atoms with Gasteiger partial charge < -0.3 is 0 Å². The lowest BCUT2D eigenvalue weighted by Crippen LogP contribution is -2.08. The van der Waals surface area contributed by atoms with Gasteiger partial charge in [0.1, 0.15) is 0 Å². The van der Waals surface area contributed by atoms with Crippen LogP contribution in [0, 0.1) is 18.3 Å². The van der Waals surface area contributed by atoms with Gasteiger partial charge in [0, 0.05) is 0 Å². The van der Waals surface area contributed by atoms with Crippen LogP contribution in [0.4, 0.5) is 0 Å². The van der Waals surface area contributed by atoms with Gasteiger partial charge in [0.05, 0.1) is 0 Å². The molecule has 0 heteroatoms. The Labute approximate surface area is 142 Å². The lowest BCUT2D eigenvalue weighted by atomic mass is 9.85. The van der Waals surface area contributed by atoms with Crippen LogP contribution in [0.15, 0.2) is 0 Å². The first-order valence-electron chi connectivity index (χ1n) is 10.6. The highest BCUT2D eigenvalue weighted by atomic mass is 14.2. The van der Waals surface area contributed by atoms with Crippen molar-refractivity contribution in [3.8, 4) is 0 Å². The molecule has 0 aliphatic heterocycles. The van der Waals surface area contributed by atoms with Gasteiger partial charge in [-0.15, -0.1) is 0 Å². The van der Waals surface area contributed by atoms with Crippen LogP contribution in [0.2, 0.25) is 0 Å². The molecular weight excluding hydrogens is 264 g/mol. The summed E-state index contributed by atoms with van der Waals surface area (Å²) in [5.41, 5.74) is 0. The fourth-order valence-corrected chi connectivity index (χ4v) is 3.46. The molecule has 0 spiro atoms. The van der Waals surface area contributed by atoms with Crippen molar-refractivity contribution in [3.63, 3.8) is 0 Å². The van der Waals surface area contributed by atoms with E-state index in [1.807, 2.05) is 0 Å². The maximum absolute atomic E-state index is 2.72. The molecule has 0 rings (SSSR count). The standard InChI is InChI=1S/C22H45/c1-5-8-11-12-13-16-19-22(18-15-10-7-3)20-21(4)17-14-9-6-2/h20-22H,5-19H2,1-4H3.